The molecule has 0 saturated carbocycles. The van der Waals surface area contributed by atoms with Crippen LogP contribution in [0, 0.1) is 0 Å². The van der Waals surface area contributed by atoms with E-state index in [2.05, 4.69) is 32.1 Å². The molecule has 24 heavy (non-hydrogen) atoms. The molecule has 1 saturated heterocycles. The molecule has 1 aliphatic heterocycles. The number of rotatable bonds is 2. The van der Waals surface area contributed by atoms with E-state index < -0.39 is 0 Å². The Kier molecular flexibility index (Phi) is 3.70. The van der Waals surface area contributed by atoms with Crippen molar-refractivity contribution in [1.29, 1.82) is 0 Å². The first-order valence-corrected chi connectivity index (χ1v) is 8.01. The number of fused-ring (bicyclic) bond motifs is 1. The van der Waals surface area contributed by atoms with Crippen LogP contribution in [-0.4, -0.2) is 45.2 Å². The molecule has 1 N–H and O–H groups in total. The van der Waals surface area contributed by atoms with E-state index in [9.17, 15) is 4.79 Å². The van der Waals surface area contributed by atoms with Gasteiger partial charge in [-0.05, 0) is 31.2 Å². The van der Waals surface area contributed by atoms with Gasteiger partial charge in [0.2, 0.25) is 0 Å². The molecular formula is C17H18N6O. The van der Waals surface area contributed by atoms with Crippen molar-refractivity contribution in [2.45, 2.75) is 13.0 Å². The molecule has 7 heteroatoms. The molecule has 0 unspecified atom stereocenters. The smallest absolute Gasteiger partial charge is 0.351 e. The lowest BCUT2D eigenvalue weighted by atomic mass is 10.2. The quantitative estimate of drug-likeness (QED) is 0.758. The Balaban J connectivity index is 1.97. The Labute approximate surface area is 139 Å². The number of pyridine rings is 2. The number of piperazine rings is 1. The molecule has 0 radical (unpaired) electrons. The summed E-state index contributed by atoms with van der Waals surface area (Å²) in [5.74, 6) is 0.706. The normalized spacial score (nSPS) is 18.0. The number of hydrogen-bond donors (Lipinski definition) is 1. The van der Waals surface area contributed by atoms with Crippen molar-refractivity contribution in [3.63, 3.8) is 0 Å². The number of nitrogens with zero attached hydrogens (tertiary/aromatic N) is 5. The Morgan fingerprint density at radius 2 is 2.12 bits per heavy atom. The van der Waals surface area contributed by atoms with Crippen LogP contribution < -0.4 is 15.9 Å². The second-order valence-corrected chi connectivity index (χ2v) is 5.89. The number of hydrogen-bond acceptors (Lipinski definition) is 6. The molecule has 1 aliphatic rings. The van der Waals surface area contributed by atoms with Crippen LogP contribution in [0.15, 0.2) is 47.7 Å². The van der Waals surface area contributed by atoms with E-state index in [-0.39, 0.29) is 11.7 Å². The fraction of sp³-hybridized carbons (Fsp3) is 0.294. The highest BCUT2D eigenvalue weighted by Crippen LogP contribution is 2.25. The van der Waals surface area contributed by atoms with Gasteiger partial charge < -0.3 is 10.2 Å². The molecule has 0 spiro atoms. The fourth-order valence-corrected chi connectivity index (χ4v) is 3.13. The Bertz CT molecular complexity index is 923. The van der Waals surface area contributed by atoms with Crippen molar-refractivity contribution in [1.82, 2.24) is 24.8 Å². The van der Waals surface area contributed by atoms with Crippen LogP contribution in [0.2, 0.25) is 0 Å². The second-order valence-electron chi connectivity index (χ2n) is 5.89. The van der Waals surface area contributed by atoms with Crippen LogP contribution in [0.3, 0.4) is 0 Å². The van der Waals surface area contributed by atoms with Gasteiger partial charge in [-0.2, -0.15) is 4.98 Å². The van der Waals surface area contributed by atoms with Crippen LogP contribution in [0.4, 0.5) is 5.82 Å². The highest BCUT2D eigenvalue weighted by atomic mass is 16.1. The van der Waals surface area contributed by atoms with E-state index in [1.165, 1.54) is 4.57 Å². The third-order valence-corrected chi connectivity index (χ3v) is 4.31. The van der Waals surface area contributed by atoms with Crippen molar-refractivity contribution in [2.24, 2.45) is 0 Å². The van der Waals surface area contributed by atoms with E-state index >= 15 is 0 Å². The lowest BCUT2D eigenvalue weighted by Crippen LogP contribution is -2.50. The van der Waals surface area contributed by atoms with Gasteiger partial charge in [0.15, 0.2) is 5.65 Å². The molecule has 0 bridgehead atoms. The van der Waals surface area contributed by atoms with Crippen molar-refractivity contribution in [3.8, 4) is 5.69 Å². The zero-order valence-electron chi connectivity index (χ0n) is 13.4. The first-order chi connectivity index (χ1) is 11.8. The summed E-state index contributed by atoms with van der Waals surface area (Å²) in [4.78, 5) is 27.9. The van der Waals surface area contributed by atoms with Crippen LogP contribution in [-0.2, 0) is 0 Å². The maximum absolute atomic E-state index is 12.7. The summed E-state index contributed by atoms with van der Waals surface area (Å²) < 4.78 is 1.51. The molecular weight excluding hydrogens is 304 g/mol. The summed E-state index contributed by atoms with van der Waals surface area (Å²) in [6.45, 7) is 4.69. The molecule has 7 nitrogen and oxygen atoms in total. The zero-order valence-corrected chi connectivity index (χ0v) is 13.4. The topological polar surface area (TPSA) is 75.9 Å². The first kappa shape index (κ1) is 14.8. The Morgan fingerprint density at radius 1 is 1.25 bits per heavy atom. The molecule has 0 amide bonds. The maximum Gasteiger partial charge on any atom is 0.355 e. The SMILES string of the molecule is C[C@H]1CNCCN1c1nc(=O)n(-c2cccnc2)c2ncccc12. The molecule has 4 heterocycles. The van der Waals surface area contributed by atoms with Gasteiger partial charge in [0, 0.05) is 38.1 Å². The summed E-state index contributed by atoms with van der Waals surface area (Å²) in [5.41, 5.74) is 0.930. The maximum atomic E-state index is 12.7. The van der Waals surface area contributed by atoms with Crippen LogP contribution in [0.25, 0.3) is 16.7 Å². The largest absolute Gasteiger partial charge is 0.355 e. The van der Waals surface area contributed by atoms with Crippen molar-refractivity contribution >= 4 is 16.9 Å². The molecule has 1 fully saturated rings. The van der Waals surface area contributed by atoms with E-state index in [4.69, 9.17) is 0 Å². The van der Waals surface area contributed by atoms with E-state index in [0.29, 0.717) is 17.2 Å². The van der Waals surface area contributed by atoms with E-state index in [0.717, 1.165) is 25.0 Å². The molecule has 1 atom stereocenters. The number of aromatic nitrogens is 4. The van der Waals surface area contributed by atoms with E-state index in [1.54, 1.807) is 24.7 Å². The van der Waals surface area contributed by atoms with Gasteiger partial charge in [-0.3, -0.25) is 4.98 Å². The summed E-state index contributed by atoms with van der Waals surface area (Å²) in [6, 6.07) is 7.73. The van der Waals surface area contributed by atoms with Gasteiger partial charge in [0.1, 0.15) is 5.82 Å². The minimum absolute atomic E-state index is 0.267. The molecule has 3 aromatic rings. The molecule has 0 aliphatic carbocycles. The first-order valence-electron chi connectivity index (χ1n) is 8.01. The van der Waals surface area contributed by atoms with E-state index in [1.807, 2.05) is 18.2 Å². The van der Waals surface area contributed by atoms with Crippen molar-refractivity contribution in [2.75, 3.05) is 24.5 Å². The van der Waals surface area contributed by atoms with Crippen LogP contribution >= 0.6 is 0 Å². The average molecular weight is 322 g/mol. The van der Waals surface area contributed by atoms with Gasteiger partial charge in [-0.1, -0.05) is 0 Å². The lowest BCUT2D eigenvalue weighted by Gasteiger charge is -2.35. The lowest BCUT2D eigenvalue weighted by molar-refractivity contribution is 0.497. The van der Waals surface area contributed by atoms with Gasteiger partial charge in [0.05, 0.1) is 17.3 Å². The summed E-state index contributed by atoms with van der Waals surface area (Å²) >= 11 is 0. The number of nitrogens with one attached hydrogen (secondary N) is 1. The zero-order chi connectivity index (χ0) is 16.5. The van der Waals surface area contributed by atoms with Gasteiger partial charge in [-0.25, -0.2) is 14.3 Å². The Morgan fingerprint density at radius 3 is 2.92 bits per heavy atom. The average Bonchev–Trinajstić information content (AvgIpc) is 2.62. The van der Waals surface area contributed by atoms with Gasteiger partial charge >= 0.3 is 5.69 Å². The standard InChI is InChI=1S/C17H18N6O/c1-12-10-19-8-9-22(12)16-14-5-3-7-20-15(14)23(17(24)21-16)13-4-2-6-18-11-13/h2-7,11-12,19H,8-10H2,1H3/t12-/m0/s1. The predicted octanol–water partition coefficient (Wildman–Crippen LogP) is 0.974. The minimum atomic E-state index is -0.338. The van der Waals surface area contributed by atoms with Crippen molar-refractivity contribution in [3.05, 3.63) is 53.3 Å². The van der Waals surface area contributed by atoms with Crippen LogP contribution in [0.5, 0.6) is 0 Å². The van der Waals surface area contributed by atoms with Gasteiger partial charge in [-0.15, -0.1) is 0 Å². The molecule has 3 aromatic heterocycles. The van der Waals surface area contributed by atoms with Crippen LogP contribution in [0.1, 0.15) is 6.92 Å². The third kappa shape index (κ3) is 2.43. The highest BCUT2D eigenvalue weighted by Gasteiger charge is 2.23. The second kappa shape index (κ2) is 6.01. The highest BCUT2D eigenvalue weighted by molar-refractivity contribution is 5.88. The fourth-order valence-electron chi connectivity index (χ4n) is 3.13. The third-order valence-electron chi connectivity index (χ3n) is 4.31. The monoisotopic (exact) mass is 322 g/mol. The number of anilines is 1. The van der Waals surface area contributed by atoms with Crippen molar-refractivity contribution < 1.29 is 0 Å². The Hall–Kier alpha value is -2.80. The summed E-state index contributed by atoms with van der Waals surface area (Å²) in [7, 11) is 0. The summed E-state index contributed by atoms with van der Waals surface area (Å²) in [6.07, 6.45) is 5.01. The van der Waals surface area contributed by atoms with Gasteiger partial charge in [0.25, 0.3) is 0 Å². The molecule has 122 valence electrons. The minimum Gasteiger partial charge on any atom is -0.351 e. The summed E-state index contributed by atoms with van der Waals surface area (Å²) in [5, 5.41) is 4.23. The molecule has 0 aromatic carbocycles. The molecule has 4 rings (SSSR count). The predicted molar refractivity (Wildman–Crippen MR) is 92.6 cm³/mol.